The van der Waals surface area contributed by atoms with Crippen LogP contribution in [0.25, 0.3) is 11.0 Å². The summed E-state index contributed by atoms with van der Waals surface area (Å²) in [5.74, 6) is -1.05. The number of fused-ring (bicyclic) bond motifs is 1. The predicted molar refractivity (Wildman–Crippen MR) is 117 cm³/mol. The summed E-state index contributed by atoms with van der Waals surface area (Å²) in [6, 6.07) is 10.2. The van der Waals surface area contributed by atoms with Crippen molar-refractivity contribution in [1.82, 2.24) is 5.43 Å². The summed E-state index contributed by atoms with van der Waals surface area (Å²) in [6.45, 7) is 1.40. The summed E-state index contributed by atoms with van der Waals surface area (Å²) in [7, 11) is 1.44. The minimum absolute atomic E-state index is 0.0857. The molecule has 3 aromatic rings. The van der Waals surface area contributed by atoms with E-state index in [2.05, 4.69) is 42.4 Å². The summed E-state index contributed by atoms with van der Waals surface area (Å²) >= 11 is 6.78. The van der Waals surface area contributed by atoms with E-state index >= 15 is 0 Å². The van der Waals surface area contributed by atoms with Crippen molar-refractivity contribution in [3.05, 3.63) is 56.7 Å². The number of para-hydroxylation sites is 1. The molecule has 8 nitrogen and oxygen atoms in total. The number of ether oxygens (including phenoxy) is 2. The largest absolute Gasteiger partial charge is 0.493 e. The van der Waals surface area contributed by atoms with Crippen LogP contribution >= 0.6 is 31.9 Å². The zero-order valence-corrected chi connectivity index (χ0v) is 19.0. The first-order valence-electron chi connectivity index (χ1n) is 8.58. The van der Waals surface area contributed by atoms with E-state index in [1.807, 2.05) is 12.1 Å². The number of carbonyl (C=O) groups is 2. The van der Waals surface area contributed by atoms with Gasteiger partial charge in [0.1, 0.15) is 5.58 Å². The molecule has 0 bridgehead atoms. The van der Waals surface area contributed by atoms with Crippen LogP contribution in [-0.2, 0) is 4.79 Å². The molecule has 1 heterocycles. The third kappa shape index (κ3) is 4.82. The van der Waals surface area contributed by atoms with Crippen LogP contribution in [0.5, 0.6) is 11.5 Å². The van der Waals surface area contributed by atoms with Gasteiger partial charge in [-0.05, 0) is 53.2 Å². The van der Waals surface area contributed by atoms with Crippen molar-refractivity contribution in [3.8, 4) is 11.5 Å². The summed E-state index contributed by atoms with van der Waals surface area (Å²) in [5, 5.41) is 13.8. The molecule has 2 aromatic carbocycles. The fourth-order valence-electron chi connectivity index (χ4n) is 2.55. The Morgan fingerprint density at radius 3 is 2.73 bits per heavy atom. The fourth-order valence-corrected chi connectivity index (χ4v) is 3.89. The molecule has 0 spiro atoms. The number of hydrazone groups is 1. The Kier molecular flexibility index (Phi) is 6.78. The van der Waals surface area contributed by atoms with E-state index in [1.54, 1.807) is 24.3 Å². The molecular weight excluding hydrogens is 524 g/mol. The number of carboxylic acids is 1. The number of carbonyl (C=O) groups excluding carboxylic acids is 1. The first-order chi connectivity index (χ1) is 14.3. The Balaban J connectivity index is 1.80. The molecule has 0 aliphatic rings. The van der Waals surface area contributed by atoms with Gasteiger partial charge in [0.05, 0.1) is 17.8 Å². The number of aliphatic carboxylic acids is 1. The second kappa shape index (κ2) is 9.31. The molecule has 0 saturated heterocycles. The lowest BCUT2D eigenvalue weighted by atomic mass is 10.2. The van der Waals surface area contributed by atoms with Crippen molar-refractivity contribution in [2.24, 2.45) is 5.10 Å². The van der Waals surface area contributed by atoms with Crippen molar-refractivity contribution >= 4 is 60.9 Å². The Labute approximate surface area is 188 Å². The molecule has 1 atom stereocenters. The molecular formula is C20H16Br2N2O6. The lowest BCUT2D eigenvalue weighted by Crippen LogP contribution is -2.23. The third-order valence-electron chi connectivity index (χ3n) is 4.00. The Morgan fingerprint density at radius 2 is 2.03 bits per heavy atom. The number of hydrogen-bond acceptors (Lipinski definition) is 6. The molecule has 1 amide bonds. The SMILES string of the molecule is COc1cccc(/C=N\NC(=O)c2cc3cc(Br)cc(Br)c3o2)c1O[C@@H](C)C(=O)O. The van der Waals surface area contributed by atoms with E-state index in [-0.39, 0.29) is 11.5 Å². The van der Waals surface area contributed by atoms with Crippen molar-refractivity contribution < 1.29 is 28.6 Å². The lowest BCUT2D eigenvalue weighted by molar-refractivity contribution is -0.144. The van der Waals surface area contributed by atoms with Crippen LogP contribution in [0.4, 0.5) is 0 Å². The van der Waals surface area contributed by atoms with Gasteiger partial charge in [-0.15, -0.1) is 0 Å². The molecule has 0 aliphatic carbocycles. The van der Waals surface area contributed by atoms with Crippen molar-refractivity contribution in [3.63, 3.8) is 0 Å². The van der Waals surface area contributed by atoms with Crippen LogP contribution < -0.4 is 14.9 Å². The number of hydrogen-bond donors (Lipinski definition) is 2. The van der Waals surface area contributed by atoms with Crippen molar-refractivity contribution in [1.29, 1.82) is 0 Å². The summed E-state index contributed by atoms with van der Waals surface area (Å²) in [6.07, 6.45) is 0.232. The first-order valence-corrected chi connectivity index (χ1v) is 10.2. The highest BCUT2D eigenvalue weighted by molar-refractivity contribution is 9.11. The van der Waals surface area contributed by atoms with Crippen LogP contribution in [0.2, 0.25) is 0 Å². The Morgan fingerprint density at radius 1 is 1.27 bits per heavy atom. The first kappa shape index (κ1) is 21.8. The van der Waals surface area contributed by atoms with Gasteiger partial charge in [0.15, 0.2) is 23.4 Å². The highest BCUT2D eigenvalue weighted by Crippen LogP contribution is 2.32. The summed E-state index contributed by atoms with van der Waals surface area (Å²) < 4.78 is 17.9. The number of furan rings is 1. The number of methoxy groups -OCH3 is 1. The zero-order chi connectivity index (χ0) is 21.8. The van der Waals surface area contributed by atoms with Crippen molar-refractivity contribution in [2.45, 2.75) is 13.0 Å². The number of amides is 1. The van der Waals surface area contributed by atoms with Gasteiger partial charge in [0.2, 0.25) is 0 Å². The molecule has 30 heavy (non-hydrogen) atoms. The molecule has 0 unspecified atom stereocenters. The number of rotatable bonds is 7. The van der Waals surface area contributed by atoms with E-state index in [1.165, 1.54) is 20.2 Å². The maximum absolute atomic E-state index is 12.4. The second-order valence-electron chi connectivity index (χ2n) is 6.09. The fraction of sp³-hybridized carbons (Fsp3) is 0.150. The quantitative estimate of drug-likeness (QED) is 0.336. The van der Waals surface area contributed by atoms with Gasteiger partial charge < -0.3 is 19.0 Å². The lowest BCUT2D eigenvalue weighted by Gasteiger charge is -2.15. The molecule has 0 saturated carbocycles. The van der Waals surface area contributed by atoms with Crippen LogP contribution in [0.3, 0.4) is 0 Å². The van der Waals surface area contributed by atoms with Gasteiger partial charge in [-0.3, -0.25) is 4.79 Å². The normalized spacial score (nSPS) is 12.1. The Bertz CT molecular complexity index is 1140. The monoisotopic (exact) mass is 538 g/mol. The molecule has 0 fully saturated rings. The van der Waals surface area contributed by atoms with E-state index in [0.29, 0.717) is 21.4 Å². The average Bonchev–Trinajstić information content (AvgIpc) is 3.13. The van der Waals surface area contributed by atoms with Crippen LogP contribution in [0, 0.1) is 0 Å². The van der Waals surface area contributed by atoms with Gasteiger partial charge in [0, 0.05) is 15.4 Å². The molecule has 156 valence electrons. The van der Waals surface area contributed by atoms with Gasteiger partial charge in [0.25, 0.3) is 0 Å². The van der Waals surface area contributed by atoms with Gasteiger partial charge in [-0.2, -0.15) is 5.10 Å². The van der Waals surface area contributed by atoms with E-state index < -0.39 is 18.0 Å². The second-order valence-corrected chi connectivity index (χ2v) is 7.86. The maximum atomic E-state index is 12.4. The van der Waals surface area contributed by atoms with Crippen LogP contribution in [0.15, 0.2) is 54.9 Å². The molecule has 1 aromatic heterocycles. The molecule has 10 heteroatoms. The topological polar surface area (TPSA) is 110 Å². The van der Waals surface area contributed by atoms with Gasteiger partial charge in [-0.25, -0.2) is 10.2 Å². The van der Waals surface area contributed by atoms with Gasteiger partial charge in [-0.1, -0.05) is 22.0 Å². The minimum Gasteiger partial charge on any atom is -0.493 e. The molecule has 2 N–H and O–H groups in total. The average molecular weight is 540 g/mol. The highest BCUT2D eigenvalue weighted by Gasteiger charge is 2.18. The highest BCUT2D eigenvalue weighted by atomic mass is 79.9. The summed E-state index contributed by atoms with van der Waals surface area (Å²) in [5.41, 5.74) is 3.35. The molecule has 0 aliphatic heterocycles. The van der Waals surface area contributed by atoms with Crippen LogP contribution in [0.1, 0.15) is 23.0 Å². The van der Waals surface area contributed by atoms with Gasteiger partial charge >= 0.3 is 11.9 Å². The standard InChI is InChI=1S/C20H16Br2N2O6/c1-10(20(26)27)29-18-11(4-3-5-15(18)28-2)9-23-24-19(25)16-7-12-6-13(21)8-14(22)17(12)30-16/h3-10H,1-2H3,(H,24,25)(H,26,27)/b23-9-/t10-/m0/s1. The Hall–Kier alpha value is -2.85. The number of nitrogens with zero attached hydrogens (tertiary/aromatic N) is 1. The number of halogens is 2. The van der Waals surface area contributed by atoms with E-state index in [4.69, 9.17) is 19.0 Å². The van der Waals surface area contributed by atoms with E-state index in [0.717, 1.165) is 9.86 Å². The van der Waals surface area contributed by atoms with Crippen molar-refractivity contribution in [2.75, 3.05) is 7.11 Å². The molecule has 3 rings (SSSR count). The zero-order valence-electron chi connectivity index (χ0n) is 15.8. The van der Waals surface area contributed by atoms with E-state index in [9.17, 15) is 9.59 Å². The third-order valence-corrected chi connectivity index (χ3v) is 5.05. The predicted octanol–water partition coefficient (Wildman–Crippen LogP) is 4.58. The summed E-state index contributed by atoms with van der Waals surface area (Å²) in [4.78, 5) is 23.5. The maximum Gasteiger partial charge on any atom is 0.344 e. The number of benzene rings is 2. The number of nitrogens with one attached hydrogen (secondary N) is 1. The minimum atomic E-state index is -1.13. The number of carboxylic acid groups (broad SMARTS) is 1. The van der Waals surface area contributed by atoms with Crippen LogP contribution in [-0.4, -0.2) is 36.4 Å². The molecule has 0 radical (unpaired) electrons. The smallest absolute Gasteiger partial charge is 0.344 e.